The van der Waals surface area contributed by atoms with Gasteiger partial charge in [0.25, 0.3) is 0 Å². The summed E-state index contributed by atoms with van der Waals surface area (Å²) in [6.45, 7) is 2.56. The highest BCUT2D eigenvalue weighted by molar-refractivity contribution is 5.98. The van der Waals surface area contributed by atoms with Gasteiger partial charge in [0.05, 0.1) is 12.8 Å². The lowest BCUT2D eigenvalue weighted by atomic mass is 10.2. The average Bonchev–Trinajstić information content (AvgIpc) is 3.08. The van der Waals surface area contributed by atoms with Crippen LogP contribution in [0.15, 0.2) is 48.5 Å². The monoisotopic (exact) mass is 353 g/mol. The van der Waals surface area contributed by atoms with E-state index in [1.165, 1.54) is 0 Å². The molecule has 1 atom stereocenters. The number of methoxy groups -OCH3 is 1. The third-order valence-electron chi connectivity index (χ3n) is 4.39. The van der Waals surface area contributed by atoms with Gasteiger partial charge >= 0.3 is 0 Å². The van der Waals surface area contributed by atoms with Crippen LogP contribution in [0, 0.1) is 0 Å². The molecule has 3 rings (SSSR count). The highest BCUT2D eigenvalue weighted by atomic mass is 16.5. The van der Waals surface area contributed by atoms with Crippen molar-refractivity contribution in [2.45, 2.75) is 25.8 Å². The summed E-state index contributed by atoms with van der Waals surface area (Å²) >= 11 is 0. The Morgan fingerprint density at radius 1 is 1.15 bits per heavy atom. The molecule has 26 heavy (non-hydrogen) atoms. The van der Waals surface area contributed by atoms with Gasteiger partial charge in [-0.05, 0) is 49.7 Å². The summed E-state index contributed by atoms with van der Waals surface area (Å²) < 4.78 is 5.25. The molecule has 1 fully saturated rings. The molecule has 0 aliphatic carbocycles. The van der Waals surface area contributed by atoms with Crippen molar-refractivity contribution in [3.05, 3.63) is 48.5 Å². The van der Waals surface area contributed by atoms with E-state index in [2.05, 4.69) is 10.6 Å². The van der Waals surface area contributed by atoms with Crippen LogP contribution in [0.3, 0.4) is 0 Å². The summed E-state index contributed by atoms with van der Waals surface area (Å²) in [5.41, 5.74) is 2.35. The SMILES string of the molecule is COc1ccccc1NC(=O)C(C)Nc1ccc(N2CCCC2=O)cc1. The van der Waals surface area contributed by atoms with Gasteiger partial charge in [-0.15, -0.1) is 0 Å². The first-order valence-electron chi connectivity index (χ1n) is 8.69. The van der Waals surface area contributed by atoms with E-state index in [0.717, 1.165) is 24.3 Å². The van der Waals surface area contributed by atoms with E-state index in [1.807, 2.05) is 36.4 Å². The fraction of sp³-hybridized carbons (Fsp3) is 0.300. The van der Waals surface area contributed by atoms with Crippen LogP contribution >= 0.6 is 0 Å². The van der Waals surface area contributed by atoms with Crippen LogP contribution in [-0.2, 0) is 9.59 Å². The molecule has 1 aliphatic heterocycles. The number of nitrogens with one attached hydrogen (secondary N) is 2. The number of anilines is 3. The van der Waals surface area contributed by atoms with Gasteiger partial charge in [0.2, 0.25) is 11.8 Å². The van der Waals surface area contributed by atoms with Gasteiger partial charge in [-0.1, -0.05) is 12.1 Å². The smallest absolute Gasteiger partial charge is 0.246 e. The number of nitrogens with zero attached hydrogens (tertiary/aromatic N) is 1. The summed E-state index contributed by atoms with van der Waals surface area (Å²) in [6, 6.07) is 14.4. The van der Waals surface area contributed by atoms with E-state index < -0.39 is 6.04 Å². The lowest BCUT2D eigenvalue weighted by molar-refractivity contribution is -0.117. The van der Waals surface area contributed by atoms with Gasteiger partial charge in [-0.25, -0.2) is 0 Å². The lowest BCUT2D eigenvalue weighted by Gasteiger charge is -2.18. The second-order valence-corrected chi connectivity index (χ2v) is 6.25. The summed E-state index contributed by atoms with van der Waals surface area (Å²) in [4.78, 5) is 26.0. The maximum absolute atomic E-state index is 12.4. The lowest BCUT2D eigenvalue weighted by Crippen LogP contribution is -2.32. The number of carbonyl (C=O) groups excluding carboxylic acids is 2. The van der Waals surface area contributed by atoms with Crippen molar-refractivity contribution in [2.75, 3.05) is 29.2 Å². The molecule has 2 aromatic rings. The molecule has 0 aromatic heterocycles. The number of amides is 2. The molecule has 1 saturated heterocycles. The van der Waals surface area contributed by atoms with Crippen molar-refractivity contribution >= 4 is 28.9 Å². The van der Waals surface area contributed by atoms with Crippen LogP contribution in [0.2, 0.25) is 0 Å². The first kappa shape index (κ1) is 17.8. The minimum absolute atomic E-state index is 0.159. The van der Waals surface area contributed by atoms with Gasteiger partial charge in [0, 0.05) is 24.3 Å². The number of hydrogen-bond donors (Lipinski definition) is 2. The van der Waals surface area contributed by atoms with Crippen LogP contribution in [0.4, 0.5) is 17.1 Å². The number of ether oxygens (including phenoxy) is 1. The molecule has 2 amide bonds. The number of para-hydroxylation sites is 2. The molecule has 1 aliphatic rings. The van der Waals surface area contributed by atoms with Crippen LogP contribution in [-0.4, -0.2) is 31.5 Å². The Bertz CT molecular complexity index is 789. The third-order valence-corrected chi connectivity index (χ3v) is 4.39. The second kappa shape index (κ2) is 7.91. The van der Waals surface area contributed by atoms with E-state index in [9.17, 15) is 9.59 Å². The summed E-state index contributed by atoms with van der Waals surface area (Å²) in [7, 11) is 1.57. The summed E-state index contributed by atoms with van der Waals surface area (Å²) in [6.07, 6.45) is 1.51. The zero-order valence-electron chi connectivity index (χ0n) is 15.0. The quantitative estimate of drug-likeness (QED) is 0.836. The molecule has 0 spiro atoms. The molecule has 1 unspecified atom stereocenters. The second-order valence-electron chi connectivity index (χ2n) is 6.25. The Hall–Kier alpha value is -3.02. The van der Waals surface area contributed by atoms with Crippen molar-refractivity contribution < 1.29 is 14.3 Å². The molecule has 6 heteroatoms. The molecule has 6 nitrogen and oxygen atoms in total. The molecule has 1 heterocycles. The normalized spacial score (nSPS) is 14.8. The van der Waals surface area contributed by atoms with Gasteiger partial charge in [-0.3, -0.25) is 9.59 Å². The Morgan fingerprint density at radius 2 is 1.88 bits per heavy atom. The highest BCUT2D eigenvalue weighted by Gasteiger charge is 2.21. The fourth-order valence-corrected chi connectivity index (χ4v) is 2.96. The van der Waals surface area contributed by atoms with E-state index in [-0.39, 0.29) is 11.8 Å². The maximum atomic E-state index is 12.4. The standard InChI is InChI=1S/C20H23N3O3/c1-14(20(25)22-17-6-3-4-7-18(17)26-2)21-15-9-11-16(12-10-15)23-13-5-8-19(23)24/h3-4,6-7,9-12,14,21H,5,8,13H2,1-2H3,(H,22,25). The zero-order valence-corrected chi connectivity index (χ0v) is 15.0. The molecule has 0 bridgehead atoms. The number of rotatable bonds is 6. The predicted octanol–water partition coefficient (Wildman–Crippen LogP) is 3.26. The van der Waals surface area contributed by atoms with E-state index in [1.54, 1.807) is 31.1 Å². The average molecular weight is 353 g/mol. The first-order valence-corrected chi connectivity index (χ1v) is 8.69. The van der Waals surface area contributed by atoms with E-state index in [0.29, 0.717) is 17.9 Å². The molecular weight excluding hydrogens is 330 g/mol. The largest absolute Gasteiger partial charge is 0.495 e. The Balaban J connectivity index is 1.61. The Morgan fingerprint density at radius 3 is 2.54 bits per heavy atom. The van der Waals surface area contributed by atoms with Gasteiger partial charge in [0.1, 0.15) is 11.8 Å². The molecule has 2 aromatic carbocycles. The first-order chi connectivity index (χ1) is 12.6. The van der Waals surface area contributed by atoms with Crippen molar-refractivity contribution in [2.24, 2.45) is 0 Å². The number of carbonyl (C=O) groups is 2. The molecular formula is C20H23N3O3. The summed E-state index contributed by atoms with van der Waals surface area (Å²) in [5.74, 6) is 0.622. The van der Waals surface area contributed by atoms with Crippen molar-refractivity contribution in [3.63, 3.8) is 0 Å². The fourth-order valence-electron chi connectivity index (χ4n) is 2.96. The summed E-state index contributed by atoms with van der Waals surface area (Å²) in [5, 5.41) is 6.04. The topological polar surface area (TPSA) is 70.7 Å². The Labute approximate surface area is 153 Å². The van der Waals surface area contributed by atoms with Crippen molar-refractivity contribution in [1.29, 1.82) is 0 Å². The van der Waals surface area contributed by atoms with Gasteiger partial charge < -0.3 is 20.3 Å². The highest BCUT2D eigenvalue weighted by Crippen LogP contribution is 2.25. The minimum atomic E-state index is -0.431. The zero-order chi connectivity index (χ0) is 18.5. The van der Waals surface area contributed by atoms with Crippen LogP contribution in [0.25, 0.3) is 0 Å². The van der Waals surface area contributed by atoms with Crippen molar-refractivity contribution in [1.82, 2.24) is 0 Å². The van der Waals surface area contributed by atoms with Crippen LogP contribution < -0.4 is 20.3 Å². The van der Waals surface area contributed by atoms with Crippen LogP contribution in [0.1, 0.15) is 19.8 Å². The number of hydrogen-bond acceptors (Lipinski definition) is 4. The van der Waals surface area contributed by atoms with E-state index in [4.69, 9.17) is 4.74 Å². The molecule has 0 saturated carbocycles. The van der Waals surface area contributed by atoms with Gasteiger partial charge in [0.15, 0.2) is 0 Å². The maximum Gasteiger partial charge on any atom is 0.246 e. The molecule has 2 N–H and O–H groups in total. The van der Waals surface area contributed by atoms with E-state index >= 15 is 0 Å². The third kappa shape index (κ3) is 3.96. The van der Waals surface area contributed by atoms with Gasteiger partial charge in [-0.2, -0.15) is 0 Å². The molecule has 136 valence electrons. The van der Waals surface area contributed by atoms with Crippen LogP contribution in [0.5, 0.6) is 5.75 Å². The van der Waals surface area contributed by atoms with Crippen molar-refractivity contribution in [3.8, 4) is 5.75 Å². The molecule has 0 radical (unpaired) electrons. The minimum Gasteiger partial charge on any atom is -0.495 e. The predicted molar refractivity (Wildman–Crippen MR) is 103 cm³/mol. The Kier molecular flexibility index (Phi) is 5.41. The number of benzene rings is 2.